The Morgan fingerprint density at radius 1 is 0.925 bits per heavy atom. The lowest BCUT2D eigenvalue weighted by Gasteiger charge is -2.19. The zero-order chi connectivity index (χ0) is 28.8. The predicted molar refractivity (Wildman–Crippen MR) is 165 cm³/mol. The lowest BCUT2D eigenvalue weighted by atomic mass is 10.1. The fraction of sp³-hybridized carbons (Fsp3) is 0.567. The molecule has 0 aliphatic rings. The number of thiazole rings is 1. The third kappa shape index (κ3) is 9.24. The second kappa shape index (κ2) is 16.6. The van der Waals surface area contributed by atoms with Gasteiger partial charge in [-0.25, -0.2) is 10.1 Å². The van der Waals surface area contributed by atoms with Crippen molar-refractivity contribution in [3.63, 3.8) is 0 Å². The van der Waals surface area contributed by atoms with E-state index < -0.39 is 10.2 Å². The Morgan fingerprint density at radius 3 is 2.23 bits per heavy atom. The fourth-order valence-corrected chi connectivity index (χ4v) is 7.17. The number of nitrogens with one attached hydrogen (secondary N) is 2. The van der Waals surface area contributed by atoms with Gasteiger partial charge in [0.05, 0.1) is 11.3 Å². The topological polar surface area (TPSA) is 98.7 Å². The van der Waals surface area contributed by atoms with Crippen molar-refractivity contribution in [3.8, 4) is 5.75 Å². The molecule has 0 fully saturated rings. The number of benzene rings is 2. The predicted octanol–water partition coefficient (Wildman–Crippen LogP) is 8.20. The minimum Gasteiger partial charge on any atom is -0.491 e. The Kier molecular flexibility index (Phi) is 13.3. The molecular formula is C30H46N5O3S2+. The molecule has 3 aromatic rings. The first kappa shape index (κ1) is 32.0. The van der Waals surface area contributed by atoms with Crippen LogP contribution in [-0.2, 0) is 16.8 Å². The molecule has 0 bridgehead atoms. The van der Waals surface area contributed by atoms with Crippen molar-refractivity contribution in [1.29, 1.82) is 5.53 Å². The van der Waals surface area contributed by atoms with Crippen LogP contribution in [-0.4, -0.2) is 32.4 Å². The fourth-order valence-electron chi connectivity index (χ4n) is 4.56. The highest BCUT2D eigenvalue weighted by molar-refractivity contribution is 7.90. The van der Waals surface area contributed by atoms with E-state index in [9.17, 15) is 8.42 Å². The maximum atomic E-state index is 13.6. The highest BCUT2D eigenvalue weighted by Gasteiger charge is 2.31. The molecule has 0 aliphatic carbocycles. The van der Waals surface area contributed by atoms with Gasteiger partial charge < -0.3 is 4.74 Å². The van der Waals surface area contributed by atoms with Gasteiger partial charge in [0.1, 0.15) is 17.7 Å². The van der Waals surface area contributed by atoms with Crippen molar-refractivity contribution in [1.82, 2.24) is 4.31 Å². The summed E-state index contributed by atoms with van der Waals surface area (Å²) in [6.45, 7) is 8.40. The van der Waals surface area contributed by atoms with E-state index in [0.717, 1.165) is 54.3 Å². The van der Waals surface area contributed by atoms with Crippen LogP contribution in [0, 0.1) is 5.53 Å². The van der Waals surface area contributed by atoms with E-state index in [1.165, 1.54) is 37.0 Å². The van der Waals surface area contributed by atoms with Crippen LogP contribution in [0.5, 0.6) is 5.75 Å². The molecule has 0 unspecified atom stereocenters. The second-order valence-electron chi connectivity index (χ2n) is 10.2. The molecule has 0 saturated carbocycles. The van der Waals surface area contributed by atoms with E-state index in [1.807, 2.05) is 47.0 Å². The lowest BCUT2D eigenvalue weighted by molar-refractivity contribution is -0.644. The second-order valence-corrected chi connectivity index (χ2v) is 12.9. The van der Waals surface area contributed by atoms with Crippen LogP contribution in [0.1, 0.15) is 90.5 Å². The van der Waals surface area contributed by atoms with E-state index in [-0.39, 0.29) is 0 Å². The number of anilines is 1. The van der Waals surface area contributed by atoms with Crippen LogP contribution in [0.15, 0.2) is 47.6 Å². The molecule has 40 heavy (non-hydrogen) atoms. The molecule has 0 aliphatic heterocycles. The first-order valence-corrected chi connectivity index (χ1v) is 17.0. The number of hydrogen-bond donors (Lipinski definition) is 2. The van der Waals surface area contributed by atoms with E-state index >= 15 is 0 Å². The average molecular weight is 589 g/mol. The number of unbranched alkanes of at least 4 members (excludes halogenated alkanes) is 7. The molecule has 2 aromatic carbocycles. The van der Waals surface area contributed by atoms with Crippen LogP contribution >= 0.6 is 11.3 Å². The summed E-state index contributed by atoms with van der Waals surface area (Å²) in [5.74, 6) is 0.553. The van der Waals surface area contributed by atoms with Crippen LogP contribution in [0.25, 0.3) is 10.2 Å². The van der Waals surface area contributed by atoms with Crippen LogP contribution in [0.2, 0.25) is 0 Å². The normalized spacial score (nSPS) is 11.8. The van der Waals surface area contributed by atoms with Crippen molar-refractivity contribution < 1.29 is 17.7 Å². The monoisotopic (exact) mass is 588 g/mol. The Hall–Kier alpha value is -2.56. The Morgan fingerprint density at radius 2 is 1.57 bits per heavy atom. The van der Waals surface area contributed by atoms with Gasteiger partial charge in [-0.2, -0.15) is 17.8 Å². The number of fused-ring (bicyclic) bond motifs is 1. The summed E-state index contributed by atoms with van der Waals surface area (Å²) in [5, 5.41) is 4.26. The number of rotatable bonds is 20. The Balaban J connectivity index is 1.94. The van der Waals surface area contributed by atoms with Crippen molar-refractivity contribution in [2.24, 2.45) is 5.11 Å². The van der Waals surface area contributed by atoms with Crippen molar-refractivity contribution in [2.45, 2.75) is 91.5 Å². The standard InChI is InChI=1S/C30H45N5O3S2/c1-4-7-10-11-12-16-21-38-28-23-27-29(22-26(28)32-31)39-30(35(27)24-25-17-14-13-15-18-25)33-40(36,37)34(19-8-5-2)20-9-6-3/h13-15,17-18,22-23,31H,4-12,16,19-21,24H2,1-3H3/p+1. The smallest absolute Gasteiger partial charge is 0.374 e. The molecule has 1 aromatic heterocycles. The van der Waals surface area contributed by atoms with Crippen LogP contribution in [0.3, 0.4) is 0 Å². The summed E-state index contributed by atoms with van der Waals surface area (Å²) in [6.07, 6.45) is 10.5. The number of hydrogen-bond acceptors (Lipinski definition) is 6. The molecule has 0 radical (unpaired) electrons. The van der Waals surface area contributed by atoms with Crippen molar-refractivity contribution in [2.75, 3.05) is 24.4 Å². The average Bonchev–Trinajstić information content (AvgIpc) is 3.27. The summed E-state index contributed by atoms with van der Waals surface area (Å²) in [7, 11) is -3.75. The lowest BCUT2D eigenvalue weighted by Crippen LogP contribution is -2.42. The van der Waals surface area contributed by atoms with Gasteiger partial charge in [-0.3, -0.25) is 0 Å². The third-order valence-electron chi connectivity index (χ3n) is 6.92. The molecule has 220 valence electrons. The first-order chi connectivity index (χ1) is 19.4. The largest absolute Gasteiger partial charge is 0.491 e. The van der Waals surface area contributed by atoms with E-state index in [4.69, 9.17) is 10.3 Å². The zero-order valence-corrected chi connectivity index (χ0v) is 26.0. The van der Waals surface area contributed by atoms with E-state index in [2.05, 4.69) is 30.6 Å². The van der Waals surface area contributed by atoms with Crippen LogP contribution < -0.4 is 14.0 Å². The summed E-state index contributed by atoms with van der Waals surface area (Å²) in [6, 6.07) is 13.7. The highest BCUT2D eigenvalue weighted by Crippen LogP contribution is 2.36. The van der Waals surface area contributed by atoms with Gasteiger partial charge in [-0.15, -0.1) is 4.72 Å². The number of ether oxygens (including phenoxy) is 1. The summed E-state index contributed by atoms with van der Waals surface area (Å²) in [4.78, 5) is 0. The zero-order valence-electron chi connectivity index (χ0n) is 24.3. The summed E-state index contributed by atoms with van der Waals surface area (Å²) in [5.41, 5.74) is 10.1. The Labute approximate surface area is 244 Å². The van der Waals surface area contributed by atoms with Gasteiger partial charge >= 0.3 is 15.3 Å². The maximum absolute atomic E-state index is 13.6. The van der Waals surface area contributed by atoms with Gasteiger partial charge in [0.25, 0.3) is 0 Å². The molecule has 0 atom stereocenters. The molecule has 0 amide bonds. The van der Waals surface area contributed by atoms with Crippen LogP contribution in [0.4, 0.5) is 10.8 Å². The summed E-state index contributed by atoms with van der Waals surface area (Å²) < 4.78 is 40.6. The molecular weight excluding hydrogens is 542 g/mol. The molecule has 10 heteroatoms. The first-order valence-electron chi connectivity index (χ1n) is 14.8. The van der Waals surface area contributed by atoms with Gasteiger partial charge in [0.15, 0.2) is 5.75 Å². The van der Waals surface area contributed by atoms with Gasteiger partial charge in [0.2, 0.25) is 0 Å². The molecule has 0 spiro atoms. The highest BCUT2D eigenvalue weighted by atomic mass is 32.2. The molecule has 3 rings (SSSR count). The number of nitrogens with zero attached hydrogens (tertiary/aromatic N) is 3. The van der Waals surface area contributed by atoms with E-state index in [1.54, 1.807) is 4.31 Å². The maximum Gasteiger partial charge on any atom is 0.374 e. The van der Waals surface area contributed by atoms with Gasteiger partial charge in [-0.05, 0) is 42.2 Å². The van der Waals surface area contributed by atoms with Gasteiger partial charge in [0, 0.05) is 19.2 Å². The van der Waals surface area contributed by atoms with E-state index in [0.29, 0.717) is 42.8 Å². The minimum atomic E-state index is -3.75. The quantitative estimate of drug-likeness (QED) is 0.0790. The van der Waals surface area contributed by atoms with Gasteiger partial charge in [-0.1, -0.05) is 96.0 Å². The molecule has 0 saturated heterocycles. The SMILES string of the molecule is CCCCCCCCOc1cc2c(cc1N=N)sc(NS(=O)(=O)N(CCCC)CCCC)[n+]2Cc1ccccc1. The Bertz CT molecular complexity index is 1290. The molecule has 8 nitrogen and oxygen atoms in total. The summed E-state index contributed by atoms with van der Waals surface area (Å²) >= 11 is 1.36. The minimum absolute atomic E-state index is 0.452. The van der Waals surface area contributed by atoms with Crippen molar-refractivity contribution in [3.05, 3.63) is 48.0 Å². The molecule has 1 heterocycles. The number of aromatic nitrogens is 1. The molecule has 2 N–H and O–H groups in total. The third-order valence-corrected chi connectivity index (χ3v) is 9.61. The van der Waals surface area contributed by atoms with Crippen molar-refractivity contribution >= 4 is 42.6 Å².